The van der Waals surface area contributed by atoms with E-state index >= 15 is 0 Å². The molecule has 2 aliphatic rings. The van der Waals surface area contributed by atoms with Crippen LogP contribution in [0.1, 0.15) is 39.0 Å². The third-order valence-corrected chi connectivity index (χ3v) is 4.45. The SMILES string of the molecule is CNC1CC(=O)N(CC2CCC(C(C)=O)CC2)C1=O. The zero-order valence-electron chi connectivity index (χ0n) is 11.6. The van der Waals surface area contributed by atoms with Gasteiger partial charge in [0.15, 0.2) is 0 Å². The van der Waals surface area contributed by atoms with Gasteiger partial charge in [-0.05, 0) is 45.6 Å². The molecule has 0 aromatic rings. The van der Waals surface area contributed by atoms with Gasteiger partial charge in [-0.3, -0.25) is 19.3 Å². The molecule has 2 amide bonds. The Kier molecular flexibility index (Phi) is 4.34. The minimum Gasteiger partial charge on any atom is -0.308 e. The van der Waals surface area contributed by atoms with E-state index in [0.29, 0.717) is 12.5 Å². The fourth-order valence-corrected chi connectivity index (χ4v) is 3.11. The highest BCUT2D eigenvalue weighted by atomic mass is 16.2. The lowest BCUT2D eigenvalue weighted by Crippen LogP contribution is -2.40. The molecule has 1 saturated heterocycles. The van der Waals surface area contributed by atoms with E-state index in [4.69, 9.17) is 0 Å². The van der Waals surface area contributed by atoms with Gasteiger partial charge in [0.25, 0.3) is 0 Å². The summed E-state index contributed by atoms with van der Waals surface area (Å²) in [4.78, 5) is 36.5. The molecule has 0 spiro atoms. The summed E-state index contributed by atoms with van der Waals surface area (Å²) in [7, 11) is 1.71. The Bertz CT molecular complexity index is 386. The Hall–Kier alpha value is -1.23. The number of nitrogens with zero attached hydrogens (tertiary/aromatic N) is 1. The molecule has 0 radical (unpaired) electrons. The van der Waals surface area contributed by atoms with Crippen molar-refractivity contribution in [2.45, 2.75) is 45.1 Å². The van der Waals surface area contributed by atoms with Crippen LogP contribution in [-0.4, -0.2) is 42.1 Å². The smallest absolute Gasteiger partial charge is 0.246 e. The number of Topliss-reactive ketones (excluding diaryl/α,β-unsaturated/α-hetero) is 1. The number of nitrogens with one attached hydrogen (secondary N) is 1. The predicted octanol–water partition coefficient (Wildman–Crippen LogP) is 0.729. The fraction of sp³-hybridized carbons (Fsp3) is 0.786. The summed E-state index contributed by atoms with van der Waals surface area (Å²) in [5.41, 5.74) is 0. The second kappa shape index (κ2) is 5.82. The summed E-state index contributed by atoms with van der Waals surface area (Å²) < 4.78 is 0. The van der Waals surface area contributed by atoms with Gasteiger partial charge in [-0.15, -0.1) is 0 Å². The van der Waals surface area contributed by atoms with E-state index in [1.807, 2.05) is 0 Å². The minimum atomic E-state index is -0.346. The fourth-order valence-electron chi connectivity index (χ4n) is 3.11. The largest absolute Gasteiger partial charge is 0.308 e. The van der Waals surface area contributed by atoms with Gasteiger partial charge in [-0.25, -0.2) is 0 Å². The van der Waals surface area contributed by atoms with Crippen LogP contribution in [0.2, 0.25) is 0 Å². The van der Waals surface area contributed by atoms with Gasteiger partial charge in [0.05, 0.1) is 12.5 Å². The molecule has 1 atom stereocenters. The molecule has 0 bridgehead atoms. The number of likely N-dealkylation sites (tertiary alicyclic amines) is 1. The molecular formula is C14H22N2O3. The summed E-state index contributed by atoms with van der Waals surface area (Å²) in [6.45, 7) is 2.18. The molecule has 2 rings (SSSR count). The maximum Gasteiger partial charge on any atom is 0.246 e. The van der Waals surface area contributed by atoms with Crippen LogP contribution >= 0.6 is 0 Å². The van der Waals surface area contributed by atoms with Gasteiger partial charge in [-0.2, -0.15) is 0 Å². The second-order valence-electron chi connectivity index (χ2n) is 5.72. The van der Waals surface area contributed by atoms with E-state index in [1.54, 1.807) is 14.0 Å². The van der Waals surface area contributed by atoms with Gasteiger partial charge in [-0.1, -0.05) is 0 Å². The normalized spacial score (nSPS) is 31.9. The van der Waals surface area contributed by atoms with Crippen molar-refractivity contribution in [2.75, 3.05) is 13.6 Å². The Morgan fingerprint density at radius 1 is 1.26 bits per heavy atom. The number of carbonyl (C=O) groups is 3. The van der Waals surface area contributed by atoms with Gasteiger partial charge in [0.1, 0.15) is 5.78 Å². The maximum absolute atomic E-state index is 12.0. The Morgan fingerprint density at radius 2 is 1.89 bits per heavy atom. The molecule has 5 nitrogen and oxygen atoms in total. The molecule has 5 heteroatoms. The standard InChI is InChI=1S/C14H22N2O3/c1-9(17)11-5-3-10(4-6-11)8-16-13(18)7-12(15-2)14(16)19/h10-12,15H,3-8H2,1-2H3. The first kappa shape index (κ1) is 14.2. The van der Waals surface area contributed by atoms with Crippen LogP contribution in [0.4, 0.5) is 0 Å². The highest BCUT2D eigenvalue weighted by molar-refractivity contribution is 6.05. The summed E-state index contributed by atoms with van der Waals surface area (Å²) in [5, 5.41) is 2.88. The van der Waals surface area contributed by atoms with E-state index in [1.165, 1.54) is 4.90 Å². The first-order valence-electron chi connectivity index (χ1n) is 7.04. The summed E-state index contributed by atoms with van der Waals surface area (Å²) in [6.07, 6.45) is 3.94. The third-order valence-electron chi connectivity index (χ3n) is 4.45. The van der Waals surface area contributed by atoms with Crippen molar-refractivity contribution in [1.29, 1.82) is 0 Å². The lowest BCUT2D eigenvalue weighted by molar-refractivity contribution is -0.140. The topological polar surface area (TPSA) is 66.5 Å². The van der Waals surface area contributed by atoms with Crippen molar-refractivity contribution >= 4 is 17.6 Å². The van der Waals surface area contributed by atoms with E-state index in [2.05, 4.69) is 5.32 Å². The van der Waals surface area contributed by atoms with Crippen LogP contribution in [0.5, 0.6) is 0 Å². The molecule has 1 aliphatic heterocycles. The Labute approximate surface area is 113 Å². The van der Waals surface area contributed by atoms with E-state index in [-0.39, 0.29) is 36.0 Å². The average Bonchev–Trinajstić information content (AvgIpc) is 2.67. The second-order valence-corrected chi connectivity index (χ2v) is 5.72. The van der Waals surface area contributed by atoms with Crippen molar-refractivity contribution in [2.24, 2.45) is 11.8 Å². The number of rotatable bonds is 4. The van der Waals surface area contributed by atoms with Crippen LogP contribution < -0.4 is 5.32 Å². The first-order valence-corrected chi connectivity index (χ1v) is 7.04. The van der Waals surface area contributed by atoms with Gasteiger partial charge in [0, 0.05) is 12.5 Å². The van der Waals surface area contributed by atoms with Crippen molar-refractivity contribution in [3.05, 3.63) is 0 Å². The monoisotopic (exact) mass is 266 g/mol. The van der Waals surface area contributed by atoms with Gasteiger partial charge in [0.2, 0.25) is 11.8 Å². The van der Waals surface area contributed by atoms with Crippen molar-refractivity contribution < 1.29 is 14.4 Å². The van der Waals surface area contributed by atoms with Crippen LogP contribution in [0.25, 0.3) is 0 Å². The highest BCUT2D eigenvalue weighted by Crippen LogP contribution is 2.30. The number of likely N-dealkylation sites (N-methyl/N-ethyl adjacent to an activating group) is 1. The van der Waals surface area contributed by atoms with Gasteiger partial charge >= 0.3 is 0 Å². The van der Waals surface area contributed by atoms with Crippen LogP contribution in [0, 0.1) is 11.8 Å². The van der Waals surface area contributed by atoms with Gasteiger partial charge < -0.3 is 5.32 Å². The molecule has 19 heavy (non-hydrogen) atoms. The van der Waals surface area contributed by atoms with E-state index < -0.39 is 0 Å². The highest BCUT2D eigenvalue weighted by Gasteiger charge is 2.39. The minimum absolute atomic E-state index is 0.0713. The van der Waals surface area contributed by atoms with Crippen LogP contribution in [0.3, 0.4) is 0 Å². The molecule has 0 aromatic heterocycles. The zero-order valence-corrected chi connectivity index (χ0v) is 11.6. The molecule has 1 heterocycles. The Morgan fingerprint density at radius 3 is 2.37 bits per heavy atom. The van der Waals surface area contributed by atoms with Crippen LogP contribution in [0.15, 0.2) is 0 Å². The molecule has 1 unspecified atom stereocenters. The number of hydrogen-bond donors (Lipinski definition) is 1. The first-order chi connectivity index (χ1) is 9.02. The molecule has 1 N–H and O–H groups in total. The molecule has 2 fully saturated rings. The van der Waals surface area contributed by atoms with Crippen molar-refractivity contribution in [1.82, 2.24) is 10.2 Å². The Balaban J connectivity index is 1.87. The summed E-state index contributed by atoms with van der Waals surface area (Å²) in [6, 6.07) is -0.346. The zero-order chi connectivity index (χ0) is 14.0. The molecular weight excluding hydrogens is 244 g/mol. The number of ketones is 1. The van der Waals surface area contributed by atoms with Crippen LogP contribution in [-0.2, 0) is 14.4 Å². The lowest BCUT2D eigenvalue weighted by Gasteiger charge is -2.29. The summed E-state index contributed by atoms with van der Waals surface area (Å²) in [5.74, 6) is 0.645. The number of imide groups is 1. The number of carbonyl (C=O) groups excluding carboxylic acids is 3. The van der Waals surface area contributed by atoms with E-state index in [0.717, 1.165) is 25.7 Å². The average molecular weight is 266 g/mol. The third kappa shape index (κ3) is 3.03. The van der Waals surface area contributed by atoms with Crippen molar-refractivity contribution in [3.63, 3.8) is 0 Å². The predicted molar refractivity (Wildman–Crippen MR) is 70.3 cm³/mol. The molecule has 106 valence electrons. The molecule has 0 aromatic carbocycles. The molecule has 1 aliphatic carbocycles. The van der Waals surface area contributed by atoms with E-state index in [9.17, 15) is 14.4 Å². The quantitative estimate of drug-likeness (QED) is 0.762. The lowest BCUT2D eigenvalue weighted by atomic mass is 9.80. The summed E-state index contributed by atoms with van der Waals surface area (Å²) >= 11 is 0. The molecule has 1 saturated carbocycles. The number of hydrogen-bond acceptors (Lipinski definition) is 4. The number of amides is 2. The maximum atomic E-state index is 12.0. The van der Waals surface area contributed by atoms with Crippen molar-refractivity contribution in [3.8, 4) is 0 Å².